The van der Waals surface area contributed by atoms with Crippen LogP contribution in [0.5, 0.6) is 0 Å². The van der Waals surface area contributed by atoms with Gasteiger partial charge < -0.3 is 15.5 Å². The molecule has 1 aliphatic heterocycles. The maximum Gasteiger partial charge on any atom is 0.322 e. The molecule has 0 bridgehead atoms. The van der Waals surface area contributed by atoms with E-state index >= 15 is 0 Å². The van der Waals surface area contributed by atoms with Gasteiger partial charge in [0.15, 0.2) is 0 Å². The van der Waals surface area contributed by atoms with Crippen molar-refractivity contribution in [2.45, 2.75) is 18.9 Å². The van der Waals surface area contributed by atoms with E-state index in [9.17, 15) is 14.0 Å². The molecule has 1 saturated heterocycles. The van der Waals surface area contributed by atoms with Gasteiger partial charge in [0.05, 0.1) is 0 Å². The van der Waals surface area contributed by atoms with Crippen molar-refractivity contribution in [3.8, 4) is 0 Å². The van der Waals surface area contributed by atoms with E-state index in [1.165, 1.54) is 23.1 Å². The fourth-order valence-electron chi connectivity index (χ4n) is 2.79. The number of carbonyl (C=O) groups excluding carboxylic acids is 2. The number of para-hydroxylation sites is 1. The van der Waals surface area contributed by atoms with E-state index in [1.807, 2.05) is 18.2 Å². The zero-order valence-corrected chi connectivity index (χ0v) is 13.0. The number of urea groups is 1. The first-order valence-corrected chi connectivity index (χ1v) is 7.82. The molecule has 0 saturated carbocycles. The molecular formula is C18H18FN3O2. The molecule has 0 unspecified atom stereocenters. The van der Waals surface area contributed by atoms with Gasteiger partial charge in [0.25, 0.3) is 0 Å². The number of rotatable bonds is 3. The van der Waals surface area contributed by atoms with Gasteiger partial charge in [-0.2, -0.15) is 0 Å². The number of benzene rings is 2. The van der Waals surface area contributed by atoms with Crippen LogP contribution in [0.1, 0.15) is 12.8 Å². The van der Waals surface area contributed by atoms with E-state index in [1.54, 1.807) is 18.2 Å². The molecule has 1 heterocycles. The van der Waals surface area contributed by atoms with Gasteiger partial charge in [0.2, 0.25) is 5.91 Å². The van der Waals surface area contributed by atoms with E-state index in [4.69, 9.17) is 0 Å². The highest BCUT2D eigenvalue weighted by Crippen LogP contribution is 2.21. The molecule has 2 aromatic rings. The lowest BCUT2D eigenvalue weighted by atomic mass is 10.2. The number of amides is 3. The topological polar surface area (TPSA) is 61.4 Å². The van der Waals surface area contributed by atoms with E-state index in [0.717, 1.165) is 6.42 Å². The SMILES string of the molecule is O=C(Nc1cccc(F)c1)[C@@H]1CCCN1C(=O)Nc1ccccc1. The standard InChI is InChI=1S/C18H18FN3O2/c19-13-6-4-9-15(12-13)20-17(23)16-10-5-11-22(16)18(24)21-14-7-2-1-3-8-14/h1-4,6-9,12,16H,5,10-11H2,(H,20,23)(H,21,24)/t16-/m0/s1. The van der Waals surface area contributed by atoms with E-state index in [0.29, 0.717) is 24.3 Å². The smallest absolute Gasteiger partial charge is 0.322 e. The van der Waals surface area contributed by atoms with Crippen molar-refractivity contribution in [3.05, 3.63) is 60.4 Å². The third-order valence-electron chi connectivity index (χ3n) is 3.93. The largest absolute Gasteiger partial charge is 0.324 e. The van der Waals surface area contributed by atoms with Gasteiger partial charge in [-0.15, -0.1) is 0 Å². The molecular weight excluding hydrogens is 309 g/mol. The summed E-state index contributed by atoms with van der Waals surface area (Å²) in [5.41, 5.74) is 1.06. The Kier molecular flexibility index (Phi) is 4.74. The Hall–Kier alpha value is -2.89. The Morgan fingerprint density at radius 2 is 1.75 bits per heavy atom. The molecule has 24 heavy (non-hydrogen) atoms. The summed E-state index contributed by atoms with van der Waals surface area (Å²) in [5, 5.41) is 5.46. The molecule has 0 spiro atoms. The predicted octanol–water partition coefficient (Wildman–Crippen LogP) is 3.46. The first-order chi connectivity index (χ1) is 11.6. The summed E-state index contributed by atoms with van der Waals surface area (Å²) < 4.78 is 13.2. The first kappa shape index (κ1) is 16.0. The maximum atomic E-state index is 13.2. The van der Waals surface area contributed by atoms with Crippen LogP contribution in [0, 0.1) is 5.82 Å². The molecule has 1 fully saturated rings. The molecule has 2 N–H and O–H groups in total. The van der Waals surface area contributed by atoms with Crippen LogP contribution in [0.2, 0.25) is 0 Å². The number of nitrogens with one attached hydrogen (secondary N) is 2. The lowest BCUT2D eigenvalue weighted by Crippen LogP contribution is -2.45. The number of anilines is 2. The average Bonchev–Trinajstić information content (AvgIpc) is 3.06. The van der Waals surface area contributed by atoms with Crippen molar-refractivity contribution in [3.63, 3.8) is 0 Å². The lowest BCUT2D eigenvalue weighted by molar-refractivity contribution is -0.119. The van der Waals surface area contributed by atoms with E-state index in [-0.39, 0.29) is 11.9 Å². The van der Waals surface area contributed by atoms with Crippen LogP contribution in [0.15, 0.2) is 54.6 Å². The summed E-state index contributed by atoms with van der Waals surface area (Å²) in [5.74, 6) is -0.723. The number of nitrogens with zero attached hydrogens (tertiary/aromatic N) is 1. The van der Waals surface area contributed by atoms with E-state index < -0.39 is 11.9 Å². The summed E-state index contributed by atoms with van der Waals surface area (Å²) >= 11 is 0. The molecule has 0 radical (unpaired) electrons. The van der Waals surface area contributed by atoms with Crippen molar-refractivity contribution in [1.29, 1.82) is 0 Å². The van der Waals surface area contributed by atoms with Crippen molar-refractivity contribution in [2.24, 2.45) is 0 Å². The maximum absolute atomic E-state index is 13.2. The van der Waals surface area contributed by atoms with Crippen LogP contribution in [-0.2, 0) is 4.79 Å². The lowest BCUT2D eigenvalue weighted by Gasteiger charge is -2.24. The van der Waals surface area contributed by atoms with Crippen LogP contribution in [0.3, 0.4) is 0 Å². The molecule has 0 aromatic heterocycles. The monoisotopic (exact) mass is 327 g/mol. The van der Waals surface area contributed by atoms with Crippen LogP contribution >= 0.6 is 0 Å². The molecule has 3 rings (SSSR count). The predicted molar refractivity (Wildman–Crippen MR) is 90.2 cm³/mol. The fourth-order valence-corrected chi connectivity index (χ4v) is 2.79. The van der Waals surface area contributed by atoms with Gasteiger partial charge in [-0.05, 0) is 43.2 Å². The molecule has 2 aromatic carbocycles. The second-order valence-corrected chi connectivity index (χ2v) is 5.65. The van der Waals surface area contributed by atoms with E-state index in [2.05, 4.69) is 10.6 Å². The minimum Gasteiger partial charge on any atom is -0.324 e. The molecule has 1 aliphatic rings. The van der Waals surface area contributed by atoms with Crippen LogP contribution in [0.25, 0.3) is 0 Å². The Labute approximate surface area is 139 Å². The zero-order chi connectivity index (χ0) is 16.9. The Balaban J connectivity index is 1.66. The Morgan fingerprint density at radius 3 is 2.50 bits per heavy atom. The highest BCUT2D eigenvalue weighted by molar-refractivity contribution is 5.99. The van der Waals surface area contributed by atoms with Crippen molar-refractivity contribution >= 4 is 23.3 Å². The van der Waals surface area contributed by atoms with Crippen LogP contribution in [-0.4, -0.2) is 29.4 Å². The number of carbonyl (C=O) groups is 2. The third-order valence-corrected chi connectivity index (χ3v) is 3.93. The van der Waals surface area contributed by atoms with Gasteiger partial charge in [-0.3, -0.25) is 4.79 Å². The molecule has 124 valence electrons. The highest BCUT2D eigenvalue weighted by Gasteiger charge is 2.34. The molecule has 0 aliphatic carbocycles. The van der Waals surface area contributed by atoms with Gasteiger partial charge in [-0.1, -0.05) is 24.3 Å². The quantitative estimate of drug-likeness (QED) is 0.907. The minimum atomic E-state index is -0.558. The van der Waals surface area contributed by atoms with Crippen molar-refractivity contribution < 1.29 is 14.0 Å². The highest BCUT2D eigenvalue weighted by atomic mass is 19.1. The van der Waals surface area contributed by atoms with Gasteiger partial charge in [0.1, 0.15) is 11.9 Å². The zero-order valence-electron chi connectivity index (χ0n) is 13.0. The van der Waals surface area contributed by atoms with Crippen molar-refractivity contribution in [1.82, 2.24) is 4.90 Å². The number of hydrogen-bond acceptors (Lipinski definition) is 2. The molecule has 3 amide bonds. The third kappa shape index (κ3) is 3.71. The number of likely N-dealkylation sites (tertiary alicyclic amines) is 1. The van der Waals surface area contributed by atoms with Crippen LogP contribution < -0.4 is 10.6 Å². The first-order valence-electron chi connectivity index (χ1n) is 7.82. The Bertz CT molecular complexity index is 736. The second-order valence-electron chi connectivity index (χ2n) is 5.65. The minimum absolute atomic E-state index is 0.304. The number of halogens is 1. The Morgan fingerprint density at radius 1 is 1.00 bits per heavy atom. The molecule has 1 atom stereocenters. The summed E-state index contributed by atoms with van der Waals surface area (Å²) in [7, 11) is 0. The summed E-state index contributed by atoms with van der Waals surface area (Å²) in [6, 6.07) is 13.9. The summed E-state index contributed by atoms with van der Waals surface area (Å²) in [6.07, 6.45) is 1.34. The molecule has 5 nitrogen and oxygen atoms in total. The fraction of sp³-hybridized carbons (Fsp3) is 0.222. The molecule has 6 heteroatoms. The summed E-state index contributed by atoms with van der Waals surface area (Å²) in [6.45, 7) is 0.514. The normalized spacial score (nSPS) is 16.7. The van der Waals surface area contributed by atoms with Crippen molar-refractivity contribution in [2.75, 3.05) is 17.2 Å². The van der Waals surface area contributed by atoms with Crippen LogP contribution in [0.4, 0.5) is 20.6 Å². The number of hydrogen-bond donors (Lipinski definition) is 2. The average molecular weight is 327 g/mol. The van der Waals surface area contributed by atoms with Gasteiger partial charge in [-0.25, -0.2) is 9.18 Å². The van der Waals surface area contributed by atoms with Gasteiger partial charge >= 0.3 is 6.03 Å². The second kappa shape index (κ2) is 7.12. The van der Waals surface area contributed by atoms with Gasteiger partial charge in [0, 0.05) is 17.9 Å². The summed E-state index contributed by atoms with van der Waals surface area (Å²) in [4.78, 5) is 26.4.